The maximum absolute atomic E-state index is 12.1. The van der Waals surface area contributed by atoms with Crippen LogP contribution in [0, 0.1) is 6.92 Å². The van der Waals surface area contributed by atoms with Crippen LogP contribution in [-0.4, -0.2) is 28.5 Å². The van der Waals surface area contributed by atoms with Gasteiger partial charge < -0.3 is 10.1 Å². The molecular weight excluding hydrogens is 340 g/mol. The van der Waals surface area contributed by atoms with Crippen molar-refractivity contribution in [2.75, 3.05) is 19.5 Å². The number of hydrogen-bond acceptors (Lipinski definition) is 4. The Morgan fingerprint density at radius 2 is 1.88 bits per heavy atom. The number of anilines is 1. The molecule has 0 aliphatic heterocycles. The second-order valence-corrected chi connectivity index (χ2v) is 7.11. The standard InChI is InChI=1S/C18H20N2O4S/c1-13-8-10-15(12-17(13)25(22,23)19-2)20-18(21)11-9-14-6-4-5-7-16(14)24-3/h4-12,19H,1-3H3,(H,20,21). The Kier molecular flexibility index (Phi) is 5.95. The van der Waals surface area contributed by atoms with E-state index in [2.05, 4.69) is 10.0 Å². The van der Waals surface area contributed by atoms with Crippen molar-refractivity contribution in [1.29, 1.82) is 0 Å². The number of methoxy groups -OCH3 is 1. The summed E-state index contributed by atoms with van der Waals surface area (Å²) in [4.78, 5) is 12.2. The monoisotopic (exact) mass is 360 g/mol. The molecule has 6 nitrogen and oxygen atoms in total. The fraction of sp³-hybridized carbons (Fsp3) is 0.167. The molecule has 0 spiro atoms. The van der Waals surface area contributed by atoms with Gasteiger partial charge in [0.2, 0.25) is 15.9 Å². The first kappa shape index (κ1) is 18.7. The van der Waals surface area contributed by atoms with Crippen LogP contribution in [0.4, 0.5) is 5.69 Å². The van der Waals surface area contributed by atoms with Gasteiger partial charge in [0.05, 0.1) is 12.0 Å². The van der Waals surface area contributed by atoms with E-state index < -0.39 is 10.0 Å². The van der Waals surface area contributed by atoms with Gasteiger partial charge in [-0.3, -0.25) is 4.79 Å². The highest BCUT2D eigenvalue weighted by Gasteiger charge is 2.15. The Hall–Kier alpha value is -2.64. The van der Waals surface area contributed by atoms with E-state index in [1.165, 1.54) is 19.2 Å². The predicted molar refractivity (Wildman–Crippen MR) is 98.1 cm³/mol. The number of ether oxygens (including phenoxy) is 1. The number of carbonyl (C=O) groups is 1. The van der Waals surface area contributed by atoms with E-state index in [9.17, 15) is 13.2 Å². The predicted octanol–water partition coefficient (Wildman–Crippen LogP) is 2.56. The average Bonchev–Trinajstić information content (AvgIpc) is 2.61. The number of para-hydroxylation sites is 1. The van der Waals surface area contributed by atoms with Gasteiger partial charge in [-0.05, 0) is 43.8 Å². The van der Waals surface area contributed by atoms with Crippen LogP contribution in [-0.2, 0) is 14.8 Å². The molecule has 0 fully saturated rings. The Morgan fingerprint density at radius 3 is 2.56 bits per heavy atom. The van der Waals surface area contributed by atoms with Crippen molar-refractivity contribution in [3.63, 3.8) is 0 Å². The number of carbonyl (C=O) groups excluding carboxylic acids is 1. The van der Waals surface area contributed by atoms with Crippen molar-refractivity contribution in [2.24, 2.45) is 0 Å². The summed E-state index contributed by atoms with van der Waals surface area (Å²) in [6, 6.07) is 12.0. The van der Waals surface area contributed by atoms with Gasteiger partial charge >= 0.3 is 0 Å². The third-order valence-corrected chi connectivity index (χ3v) is 5.12. The average molecular weight is 360 g/mol. The Labute approximate surface area is 147 Å². The summed E-state index contributed by atoms with van der Waals surface area (Å²) >= 11 is 0. The van der Waals surface area contributed by atoms with Crippen molar-refractivity contribution < 1.29 is 17.9 Å². The number of amides is 1. The zero-order valence-corrected chi connectivity index (χ0v) is 15.1. The molecule has 0 atom stereocenters. The van der Waals surface area contributed by atoms with E-state index in [-0.39, 0.29) is 10.8 Å². The SMILES string of the molecule is CNS(=O)(=O)c1cc(NC(=O)C=Cc2ccccc2OC)ccc1C. The molecule has 2 aromatic rings. The van der Waals surface area contributed by atoms with Crippen molar-refractivity contribution in [2.45, 2.75) is 11.8 Å². The maximum atomic E-state index is 12.1. The molecule has 7 heteroatoms. The van der Waals surface area contributed by atoms with Crippen LogP contribution in [0.2, 0.25) is 0 Å². The summed E-state index contributed by atoms with van der Waals surface area (Å²) in [6.07, 6.45) is 3.00. The first-order chi connectivity index (χ1) is 11.9. The normalized spacial score (nSPS) is 11.5. The third-order valence-electron chi connectivity index (χ3n) is 3.57. The van der Waals surface area contributed by atoms with Gasteiger partial charge in [0.15, 0.2) is 0 Å². The molecule has 0 heterocycles. The first-order valence-corrected chi connectivity index (χ1v) is 9.02. The van der Waals surface area contributed by atoms with Crippen LogP contribution in [0.1, 0.15) is 11.1 Å². The zero-order chi connectivity index (χ0) is 18.4. The van der Waals surface area contributed by atoms with Crippen molar-refractivity contribution in [3.05, 3.63) is 59.7 Å². The zero-order valence-electron chi connectivity index (χ0n) is 14.2. The van der Waals surface area contributed by atoms with E-state index in [1.54, 1.807) is 38.3 Å². The lowest BCUT2D eigenvalue weighted by molar-refractivity contribution is -0.111. The lowest BCUT2D eigenvalue weighted by Gasteiger charge is -2.09. The minimum Gasteiger partial charge on any atom is -0.496 e. The molecule has 2 N–H and O–H groups in total. The second kappa shape index (κ2) is 7.96. The van der Waals surface area contributed by atoms with Crippen molar-refractivity contribution in [1.82, 2.24) is 4.72 Å². The number of benzene rings is 2. The molecule has 0 aliphatic rings. The minimum absolute atomic E-state index is 0.126. The molecular formula is C18H20N2O4S. The van der Waals surface area contributed by atoms with Crippen LogP contribution in [0.3, 0.4) is 0 Å². The van der Waals surface area contributed by atoms with E-state index in [4.69, 9.17) is 4.74 Å². The topological polar surface area (TPSA) is 84.5 Å². The maximum Gasteiger partial charge on any atom is 0.248 e. The molecule has 1 amide bonds. The first-order valence-electron chi connectivity index (χ1n) is 7.53. The molecule has 0 aliphatic carbocycles. The van der Waals surface area contributed by atoms with Crippen LogP contribution in [0.25, 0.3) is 6.08 Å². The quantitative estimate of drug-likeness (QED) is 0.776. The van der Waals surface area contributed by atoms with Gasteiger partial charge in [-0.1, -0.05) is 24.3 Å². The third kappa shape index (κ3) is 4.68. The van der Waals surface area contributed by atoms with Crippen LogP contribution < -0.4 is 14.8 Å². The summed E-state index contributed by atoms with van der Waals surface area (Å²) in [7, 11) is -0.686. The molecule has 132 valence electrons. The Morgan fingerprint density at radius 1 is 1.16 bits per heavy atom. The molecule has 0 saturated heterocycles. The smallest absolute Gasteiger partial charge is 0.248 e. The molecule has 2 aromatic carbocycles. The summed E-state index contributed by atoms with van der Waals surface area (Å²) in [5, 5.41) is 2.65. The lowest BCUT2D eigenvalue weighted by Crippen LogP contribution is -2.20. The van der Waals surface area contributed by atoms with Gasteiger partial charge in [-0.2, -0.15) is 0 Å². The minimum atomic E-state index is -3.59. The second-order valence-electron chi connectivity index (χ2n) is 5.25. The molecule has 0 bridgehead atoms. The molecule has 2 rings (SSSR count). The van der Waals surface area contributed by atoms with Gasteiger partial charge in [0.1, 0.15) is 5.75 Å². The van der Waals surface area contributed by atoms with E-state index in [1.807, 2.05) is 18.2 Å². The number of sulfonamides is 1. The largest absolute Gasteiger partial charge is 0.496 e. The van der Waals surface area contributed by atoms with Gasteiger partial charge in [0.25, 0.3) is 0 Å². The van der Waals surface area contributed by atoms with Gasteiger partial charge in [-0.25, -0.2) is 13.1 Å². The highest BCUT2D eigenvalue weighted by molar-refractivity contribution is 7.89. The number of hydrogen-bond donors (Lipinski definition) is 2. The van der Waals surface area contributed by atoms with Gasteiger partial charge in [-0.15, -0.1) is 0 Å². The highest BCUT2D eigenvalue weighted by Crippen LogP contribution is 2.21. The fourth-order valence-electron chi connectivity index (χ4n) is 2.23. The van der Waals surface area contributed by atoms with Crippen LogP contribution >= 0.6 is 0 Å². The molecule has 0 unspecified atom stereocenters. The fourth-order valence-corrected chi connectivity index (χ4v) is 3.22. The molecule has 25 heavy (non-hydrogen) atoms. The lowest BCUT2D eigenvalue weighted by atomic mass is 10.2. The Bertz CT molecular complexity index is 905. The summed E-state index contributed by atoms with van der Waals surface area (Å²) in [5.41, 5.74) is 1.76. The summed E-state index contributed by atoms with van der Waals surface area (Å²) < 4.78 is 31.5. The molecule has 0 aromatic heterocycles. The van der Waals surface area contributed by atoms with Crippen LogP contribution in [0.5, 0.6) is 5.75 Å². The van der Waals surface area contributed by atoms with Crippen LogP contribution in [0.15, 0.2) is 53.4 Å². The van der Waals surface area contributed by atoms with E-state index in [0.717, 1.165) is 5.56 Å². The Balaban J connectivity index is 2.18. The number of nitrogens with one attached hydrogen (secondary N) is 2. The van der Waals surface area contributed by atoms with Gasteiger partial charge in [0, 0.05) is 17.3 Å². The molecule has 0 saturated carbocycles. The van der Waals surface area contributed by atoms with Crippen molar-refractivity contribution in [3.8, 4) is 5.75 Å². The summed E-state index contributed by atoms with van der Waals surface area (Å²) in [5.74, 6) is 0.284. The van der Waals surface area contributed by atoms with Crippen molar-refractivity contribution >= 4 is 27.7 Å². The van der Waals surface area contributed by atoms with E-state index in [0.29, 0.717) is 17.0 Å². The summed E-state index contributed by atoms with van der Waals surface area (Å²) in [6.45, 7) is 1.69. The number of rotatable bonds is 6. The molecule has 0 radical (unpaired) electrons. The van der Waals surface area contributed by atoms with E-state index >= 15 is 0 Å². The highest BCUT2D eigenvalue weighted by atomic mass is 32.2. The number of aryl methyl sites for hydroxylation is 1.